The van der Waals surface area contributed by atoms with E-state index in [4.69, 9.17) is 4.42 Å². The Morgan fingerprint density at radius 2 is 1.97 bits per heavy atom. The van der Waals surface area contributed by atoms with Crippen molar-refractivity contribution < 1.29 is 14.0 Å². The van der Waals surface area contributed by atoms with Crippen molar-refractivity contribution in [3.8, 4) is 11.3 Å². The maximum absolute atomic E-state index is 12.7. The minimum absolute atomic E-state index is 0.0275. The quantitative estimate of drug-likeness (QED) is 0.488. The summed E-state index contributed by atoms with van der Waals surface area (Å²) in [6.45, 7) is 3.63. The molecular weight excluding hydrogens is 390 g/mol. The van der Waals surface area contributed by atoms with Gasteiger partial charge in [0.25, 0.3) is 5.91 Å². The zero-order chi connectivity index (χ0) is 20.4. The molecule has 146 valence electrons. The Morgan fingerprint density at radius 1 is 1.17 bits per heavy atom. The minimum Gasteiger partial charge on any atom is -0.440 e. The summed E-state index contributed by atoms with van der Waals surface area (Å²) in [4.78, 5) is 31.4. The van der Waals surface area contributed by atoms with Crippen LogP contribution in [-0.4, -0.2) is 31.7 Å². The number of benzene rings is 1. The van der Waals surface area contributed by atoms with E-state index in [1.807, 2.05) is 36.4 Å². The zero-order valence-electron chi connectivity index (χ0n) is 15.7. The first-order chi connectivity index (χ1) is 14.0. The van der Waals surface area contributed by atoms with Crippen LogP contribution in [0.5, 0.6) is 0 Å². The first-order valence-corrected chi connectivity index (χ1v) is 9.65. The molecular formula is C20H17N5O3S. The summed E-state index contributed by atoms with van der Waals surface area (Å²) in [7, 11) is 0. The van der Waals surface area contributed by atoms with E-state index in [-0.39, 0.29) is 11.5 Å². The second-order valence-corrected chi connectivity index (χ2v) is 7.48. The molecule has 8 nitrogen and oxygen atoms in total. The summed E-state index contributed by atoms with van der Waals surface area (Å²) >= 11 is 1.40. The number of anilines is 1. The summed E-state index contributed by atoms with van der Waals surface area (Å²) in [6.07, 6.45) is 1.46. The maximum Gasteiger partial charge on any atom is 0.279 e. The summed E-state index contributed by atoms with van der Waals surface area (Å²) in [5, 5.41) is 11.1. The molecule has 4 aromatic rings. The van der Waals surface area contributed by atoms with E-state index >= 15 is 0 Å². The molecule has 1 aromatic carbocycles. The van der Waals surface area contributed by atoms with Gasteiger partial charge in [0.05, 0.1) is 17.6 Å². The van der Waals surface area contributed by atoms with E-state index in [0.717, 1.165) is 10.4 Å². The number of Topliss-reactive ketones (excluding diaryl/α,β-unsaturated/α-hetero) is 1. The molecule has 3 aromatic heterocycles. The van der Waals surface area contributed by atoms with E-state index < -0.39 is 5.91 Å². The van der Waals surface area contributed by atoms with Crippen LogP contribution in [0.3, 0.4) is 0 Å². The van der Waals surface area contributed by atoms with Gasteiger partial charge in [-0.2, -0.15) is 9.90 Å². The lowest BCUT2D eigenvalue weighted by Gasteiger charge is -2.01. The van der Waals surface area contributed by atoms with Crippen molar-refractivity contribution in [2.45, 2.75) is 20.4 Å². The van der Waals surface area contributed by atoms with Gasteiger partial charge in [0.15, 0.2) is 28.9 Å². The molecule has 0 atom stereocenters. The van der Waals surface area contributed by atoms with Crippen LogP contribution in [0.4, 0.5) is 5.82 Å². The maximum atomic E-state index is 12.7. The van der Waals surface area contributed by atoms with Crippen LogP contribution in [0.1, 0.15) is 37.9 Å². The van der Waals surface area contributed by atoms with Crippen LogP contribution >= 0.6 is 11.3 Å². The Balaban J connectivity index is 1.49. The molecule has 0 aliphatic carbocycles. The molecule has 0 saturated heterocycles. The molecule has 9 heteroatoms. The second-order valence-electron chi connectivity index (χ2n) is 6.31. The van der Waals surface area contributed by atoms with Crippen molar-refractivity contribution in [1.82, 2.24) is 20.0 Å². The van der Waals surface area contributed by atoms with Crippen LogP contribution in [0.25, 0.3) is 11.3 Å². The number of nitrogens with zero attached hydrogens (tertiary/aromatic N) is 4. The lowest BCUT2D eigenvalue weighted by Crippen LogP contribution is -2.14. The number of aryl methyl sites for hydroxylation is 1. The number of rotatable bonds is 6. The first-order valence-electron chi connectivity index (χ1n) is 8.83. The average Bonchev–Trinajstić information content (AvgIpc) is 3.43. The molecule has 0 fully saturated rings. The number of carbonyl (C=O) groups excluding carboxylic acids is 2. The van der Waals surface area contributed by atoms with Crippen molar-refractivity contribution in [2.24, 2.45) is 0 Å². The predicted molar refractivity (Wildman–Crippen MR) is 108 cm³/mol. The number of oxazole rings is 1. The minimum atomic E-state index is -0.428. The van der Waals surface area contributed by atoms with E-state index in [2.05, 4.69) is 20.5 Å². The van der Waals surface area contributed by atoms with Crippen molar-refractivity contribution in [2.75, 3.05) is 5.32 Å². The van der Waals surface area contributed by atoms with Crippen molar-refractivity contribution in [3.05, 3.63) is 70.0 Å². The third-order valence-electron chi connectivity index (χ3n) is 4.07. The lowest BCUT2D eigenvalue weighted by atomic mass is 10.1. The number of hydrogen-bond acceptors (Lipinski definition) is 7. The number of thiophene rings is 1. The van der Waals surface area contributed by atoms with Gasteiger partial charge in [-0.05, 0) is 19.1 Å². The van der Waals surface area contributed by atoms with Gasteiger partial charge in [-0.3, -0.25) is 9.59 Å². The van der Waals surface area contributed by atoms with Gasteiger partial charge in [0, 0.05) is 17.4 Å². The van der Waals surface area contributed by atoms with Gasteiger partial charge >= 0.3 is 0 Å². The summed E-state index contributed by atoms with van der Waals surface area (Å²) in [5.41, 5.74) is 0.952. The molecule has 0 unspecified atom stereocenters. The highest BCUT2D eigenvalue weighted by Crippen LogP contribution is 2.25. The molecule has 0 saturated carbocycles. The normalized spacial score (nSPS) is 10.8. The molecule has 3 heterocycles. The highest BCUT2D eigenvalue weighted by Gasteiger charge is 2.21. The van der Waals surface area contributed by atoms with E-state index in [0.29, 0.717) is 28.9 Å². The van der Waals surface area contributed by atoms with Gasteiger partial charge in [-0.15, -0.1) is 16.4 Å². The zero-order valence-corrected chi connectivity index (χ0v) is 16.6. The second kappa shape index (κ2) is 7.80. The van der Waals surface area contributed by atoms with Crippen LogP contribution in [-0.2, 0) is 6.54 Å². The van der Waals surface area contributed by atoms with Gasteiger partial charge in [0.2, 0.25) is 0 Å². The largest absolute Gasteiger partial charge is 0.440 e. The number of nitrogens with one attached hydrogen (secondary N) is 1. The lowest BCUT2D eigenvalue weighted by molar-refractivity contribution is 0.101. The predicted octanol–water partition coefficient (Wildman–Crippen LogP) is 3.81. The monoisotopic (exact) mass is 407 g/mol. The van der Waals surface area contributed by atoms with Gasteiger partial charge < -0.3 is 9.73 Å². The molecule has 4 rings (SSSR count). The van der Waals surface area contributed by atoms with Gasteiger partial charge in [-0.1, -0.05) is 30.3 Å². The van der Waals surface area contributed by atoms with Crippen LogP contribution in [0, 0.1) is 6.92 Å². The Labute approximate surface area is 170 Å². The Kier molecular flexibility index (Phi) is 5.05. The fourth-order valence-corrected chi connectivity index (χ4v) is 3.64. The van der Waals surface area contributed by atoms with Gasteiger partial charge in [-0.25, -0.2) is 4.98 Å². The van der Waals surface area contributed by atoms with Crippen molar-refractivity contribution in [1.29, 1.82) is 0 Å². The molecule has 0 aliphatic heterocycles. The van der Waals surface area contributed by atoms with Crippen LogP contribution in [0.15, 0.2) is 53.1 Å². The number of hydrogen-bond donors (Lipinski definition) is 1. The van der Waals surface area contributed by atoms with Crippen molar-refractivity contribution >= 4 is 28.8 Å². The smallest absolute Gasteiger partial charge is 0.279 e. The molecule has 29 heavy (non-hydrogen) atoms. The van der Waals surface area contributed by atoms with E-state index in [1.165, 1.54) is 29.3 Å². The summed E-state index contributed by atoms with van der Waals surface area (Å²) in [6, 6.07) is 13.0. The fraction of sp³-hybridized carbons (Fsp3) is 0.150. The standard InChI is InChI=1S/C20H17N5O3S/c1-12(26)16-9-8-15(29-16)11-25-21-10-17(24-25)23-20(27)18-19(28-13(2)22-18)14-6-4-3-5-7-14/h3-10H,11H2,1-2H3,(H,23,24,27). The SMILES string of the molecule is CC(=O)c1ccc(Cn2ncc(NC(=O)c3nc(C)oc3-c3ccccc3)n2)s1. The third-order valence-corrected chi connectivity index (χ3v) is 5.24. The third kappa shape index (κ3) is 4.14. The Bertz CT molecular complexity index is 1180. The molecule has 0 bridgehead atoms. The van der Waals surface area contributed by atoms with E-state index in [1.54, 1.807) is 13.0 Å². The number of aromatic nitrogens is 4. The average molecular weight is 407 g/mol. The highest BCUT2D eigenvalue weighted by molar-refractivity contribution is 7.14. The number of ketones is 1. The van der Waals surface area contributed by atoms with Crippen LogP contribution < -0.4 is 5.32 Å². The summed E-state index contributed by atoms with van der Waals surface area (Å²) in [5.74, 6) is 0.709. The number of amides is 1. The molecule has 0 radical (unpaired) electrons. The van der Waals surface area contributed by atoms with E-state index in [9.17, 15) is 9.59 Å². The molecule has 1 N–H and O–H groups in total. The summed E-state index contributed by atoms with van der Waals surface area (Å²) < 4.78 is 5.63. The molecule has 1 amide bonds. The Morgan fingerprint density at radius 3 is 2.69 bits per heavy atom. The Hall–Kier alpha value is -3.59. The molecule has 0 aliphatic rings. The molecule has 0 spiro atoms. The van der Waals surface area contributed by atoms with Crippen molar-refractivity contribution in [3.63, 3.8) is 0 Å². The fourth-order valence-electron chi connectivity index (χ4n) is 2.76. The first kappa shape index (κ1) is 18.8. The van der Waals surface area contributed by atoms with Gasteiger partial charge in [0.1, 0.15) is 0 Å². The van der Waals surface area contributed by atoms with Crippen LogP contribution in [0.2, 0.25) is 0 Å². The number of carbonyl (C=O) groups is 2. The topological polar surface area (TPSA) is 103 Å². The highest BCUT2D eigenvalue weighted by atomic mass is 32.1.